The number of fused-ring (bicyclic) bond motifs is 2. The average Bonchev–Trinajstić information content (AvgIpc) is 3.06. The fraction of sp³-hybridized carbons (Fsp3) is 0.267. The Morgan fingerprint density at radius 3 is 3.00 bits per heavy atom. The van der Waals surface area contributed by atoms with E-state index >= 15 is 0 Å². The number of aromatic amines is 1. The number of nitrogens with zero attached hydrogens (tertiary/aromatic N) is 3. The monoisotopic (exact) mass is 283 g/mol. The molecule has 0 bridgehead atoms. The molecule has 0 radical (unpaired) electrons. The quantitative estimate of drug-likeness (QED) is 0.758. The van der Waals surface area contributed by atoms with Crippen molar-refractivity contribution < 1.29 is 4.39 Å². The molecule has 2 N–H and O–H groups in total. The van der Waals surface area contributed by atoms with E-state index in [4.69, 9.17) is 0 Å². The van der Waals surface area contributed by atoms with Crippen LogP contribution in [0.15, 0.2) is 18.2 Å². The number of hydrogen-bond donors (Lipinski definition) is 2. The standard InChI is InChI=1S/C15H14FN5/c1-8-17-12-4-2-3-10(12)14(18-8)19-15-11-7-9(16)5-6-13(11)20-21-15/h5-7H,2-4H2,1H3,(H2,17,18,19,20,21). The maximum atomic E-state index is 13.4. The summed E-state index contributed by atoms with van der Waals surface area (Å²) in [5, 5.41) is 11.1. The van der Waals surface area contributed by atoms with Gasteiger partial charge in [-0.15, -0.1) is 0 Å². The molecule has 0 saturated carbocycles. The molecule has 106 valence electrons. The lowest BCUT2D eigenvalue weighted by Gasteiger charge is -2.09. The molecule has 1 aliphatic rings. The minimum atomic E-state index is -0.281. The van der Waals surface area contributed by atoms with Crippen molar-refractivity contribution in [3.8, 4) is 0 Å². The van der Waals surface area contributed by atoms with E-state index in [1.54, 1.807) is 6.07 Å². The minimum Gasteiger partial charge on any atom is -0.323 e. The van der Waals surface area contributed by atoms with Gasteiger partial charge in [0.05, 0.1) is 5.52 Å². The molecule has 0 fully saturated rings. The van der Waals surface area contributed by atoms with Crippen molar-refractivity contribution in [2.75, 3.05) is 5.32 Å². The van der Waals surface area contributed by atoms with Crippen LogP contribution in [0.5, 0.6) is 0 Å². The summed E-state index contributed by atoms with van der Waals surface area (Å²) < 4.78 is 13.4. The van der Waals surface area contributed by atoms with E-state index in [9.17, 15) is 4.39 Å². The van der Waals surface area contributed by atoms with Crippen LogP contribution in [0, 0.1) is 12.7 Å². The molecule has 5 nitrogen and oxygen atoms in total. The van der Waals surface area contributed by atoms with E-state index in [-0.39, 0.29) is 5.82 Å². The van der Waals surface area contributed by atoms with Gasteiger partial charge in [0, 0.05) is 16.6 Å². The van der Waals surface area contributed by atoms with Crippen LogP contribution in [0.1, 0.15) is 23.5 Å². The van der Waals surface area contributed by atoms with Crippen molar-refractivity contribution in [1.29, 1.82) is 0 Å². The molecular weight excluding hydrogens is 269 g/mol. The highest BCUT2D eigenvalue weighted by Crippen LogP contribution is 2.30. The molecule has 2 heterocycles. The minimum absolute atomic E-state index is 0.281. The van der Waals surface area contributed by atoms with E-state index in [2.05, 4.69) is 25.5 Å². The van der Waals surface area contributed by atoms with Gasteiger partial charge in [-0.25, -0.2) is 14.4 Å². The van der Waals surface area contributed by atoms with Crippen molar-refractivity contribution in [1.82, 2.24) is 20.2 Å². The summed E-state index contributed by atoms with van der Waals surface area (Å²) in [4.78, 5) is 8.96. The molecule has 6 heteroatoms. The molecule has 3 aromatic rings. The van der Waals surface area contributed by atoms with Gasteiger partial charge in [-0.3, -0.25) is 5.10 Å². The Morgan fingerprint density at radius 1 is 1.19 bits per heavy atom. The van der Waals surface area contributed by atoms with E-state index in [0.717, 1.165) is 53.1 Å². The first kappa shape index (κ1) is 12.3. The Kier molecular flexibility index (Phi) is 2.63. The van der Waals surface area contributed by atoms with Gasteiger partial charge in [0.25, 0.3) is 0 Å². The fourth-order valence-corrected chi connectivity index (χ4v) is 2.85. The molecule has 0 saturated heterocycles. The number of rotatable bonds is 2. The van der Waals surface area contributed by atoms with Crippen LogP contribution >= 0.6 is 0 Å². The normalized spacial score (nSPS) is 13.6. The first-order valence-electron chi connectivity index (χ1n) is 6.98. The zero-order valence-corrected chi connectivity index (χ0v) is 11.6. The second kappa shape index (κ2) is 4.51. The average molecular weight is 283 g/mol. The van der Waals surface area contributed by atoms with Gasteiger partial charge >= 0.3 is 0 Å². The molecule has 21 heavy (non-hydrogen) atoms. The molecule has 1 aromatic carbocycles. The number of halogens is 1. The highest BCUT2D eigenvalue weighted by atomic mass is 19.1. The molecule has 2 aromatic heterocycles. The summed E-state index contributed by atoms with van der Waals surface area (Å²) in [6.45, 7) is 1.88. The van der Waals surface area contributed by atoms with Crippen molar-refractivity contribution in [3.05, 3.63) is 41.1 Å². The second-order valence-electron chi connectivity index (χ2n) is 5.29. The Morgan fingerprint density at radius 2 is 2.10 bits per heavy atom. The van der Waals surface area contributed by atoms with E-state index in [1.165, 1.54) is 12.1 Å². The lowest BCUT2D eigenvalue weighted by Crippen LogP contribution is -2.04. The van der Waals surface area contributed by atoms with Gasteiger partial charge < -0.3 is 5.32 Å². The Bertz CT molecular complexity index is 839. The predicted molar refractivity (Wildman–Crippen MR) is 78.1 cm³/mol. The third kappa shape index (κ3) is 2.03. The summed E-state index contributed by atoms with van der Waals surface area (Å²) in [7, 11) is 0. The van der Waals surface area contributed by atoms with Crippen LogP contribution in [-0.4, -0.2) is 20.2 Å². The summed E-state index contributed by atoms with van der Waals surface area (Å²) in [5.41, 5.74) is 3.05. The number of nitrogens with one attached hydrogen (secondary N) is 2. The summed E-state index contributed by atoms with van der Waals surface area (Å²) in [5.74, 6) is 1.84. The number of H-pyrrole nitrogens is 1. The third-order valence-electron chi connectivity index (χ3n) is 3.81. The van der Waals surface area contributed by atoms with Gasteiger partial charge in [-0.05, 0) is 44.4 Å². The van der Waals surface area contributed by atoms with Crippen molar-refractivity contribution in [2.45, 2.75) is 26.2 Å². The first-order chi connectivity index (χ1) is 10.2. The number of anilines is 2. The lowest BCUT2D eigenvalue weighted by molar-refractivity contribution is 0.630. The Labute approximate surface area is 120 Å². The maximum absolute atomic E-state index is 13.4. The van der Waals surface area contributed by atoms with Gasteiger partial charge in [0.1, 0.15) is 17.5 Å². The number of aryl methyl sites for hydroxylation is 2. The molecule has 4 rings (SSSR count). The summed E-state index contributed by atoms with van der Waals surface area (Å²) in [6, 6.07) is 4.56. The van der Waals surface area contributed by atoms with Crippen LogP contribution in [0.3, 0.4) is 0 Å². The maximum Gasteiger partial charge on any atom is 0.161 e. The van der Waals surface area contributed by atoms with Gasteiger partial charge in [-0.1, -0.05) is 0 Å². The highest BCUT2D eigenvalue weighted by Gasteiger charge is 2.19. The zero-order valence-electron chi connectivity index (χ0n) is 11.6. The van der Waals surface area contributed by atoms with Gasteiger partial charge in [-0.2, -0.15) is 5.10 Å². The van der Waals surface area contributed by atoms with Gasteiger partial charge in [0.15, 0.2) is 5.82 Å². The van der Waals surface area contributed by atoms with Crippen LogP contribution in [0.2, 0.25) is 0 Å². The highest BCUT2D eigenvalue weighted by molar-refractivity contribution is 5.91. The SMILES string of the molecule is Cc1nc2c(c(Nc3n[nH]c4ccc(F)cc34)n1)CCC2. The zero-order chi connectivity index (χ0) is 14.4. The summed E-state index contributed by atoms with van der Waals surface area (Å²) >= 11 is 0. The van der Waals surface area contributed by atoms with Crippen LogP contribution < -0.4 is 5.32 Å². The largest absolute Gasteiger partial charge is 0.323 e. The van der Waals surface area contributed by atoms with E-state index in [1.807, 2.05) is 6.92 Å². The van der Waals surface area contributed by atoms with Gasteiger partial charge in [0.2, 0.25) is 0 Å². The van der Waals surface area contributed by atoms with Crippen LogP contribution in [0.25, 0.3) is 10.9 Å². The molecule has 0 amide bonds. The fourth-order valence-electron chi connectivity index (χ4n) is 2.85. The van der Waals surface area contributed by atoms with E-state index < -0.39 is 0 Å². The number of hydrogen-bond acceptors (Lipinski definition) is 4. The summed E-state index contributed by atoms with van der Waals surface area (Å²) in [6.07, 6.45) is 3.05. The molecule has 1 aliphatic carbocycles. The smallest absolute Gasteiger partial charge is 0.161 e. The van der Waals surface area contributed by atoms with E-state index in [0.29, 0.717) is 5.82 Å². The Hall–Kier alpha value is -2.50. The van der Waals surface area contributed by atoms with Crippen molar-refractivity contribution in [2.24, 2.45) is 0 Å². The molecular formula is C15H14FN5. The number of aromatic nitrogens is 4. The topological polar surface area (TPSA) is 66.5 Å². The predicted octanol–water partition coefficient (Wildman–Crippen LogP) is 3.03. The molecule has 0 unspecified atom stereocenters. The first-order valence-corrected chi connectivity index (χ1v) is 6.98. The number of benzene rings is 1. The Balaban J connectivity index is 1.80. The second-order valence-corrected chi connectivity index (χ2v) is 5.29. The molecule has 0 spiro atoms. The van der Waals surface area contributed by atoms with Crippen molar-refractivity contribution >= 4 is 22.5 Å². The molecule has 0 atom stereocenters. The third-order valence-corrected chi connectivity index (χ3v) is 3.81. The van der Waals surface area contributed by atoms with Crippen molar-refractivity contribution in [3.63, 3.8) is 0 Å². The van der Waals surface area contributed by atoms with Crippen LogP contribution in [0.4, 0.5) is 16.0 Å². The van der Waals surface area contributed by atoms with Crippen LogP contribution in [-0.2, 0) is 12.8 Å². The lowest BCUT2D eigenvalue weighted by atomic mass is 10.2. The molecule has 0 aliphatic heterocycles.